The van der Waals surface area contributed by atoms with Gasteiger partial charge in [-0.2, -0.15) is 4.31 Å². The number of nitrogens with zero attached hydrogens (tertiary/aromatic N) is 1. The molecule has 0 radical (unpaired) electrons. The van der Waals surface area contributed by atoms with Crippen molar-refractivity contribution in [2.45, 2.75) is 44.4 Å². The molecule has 1 aliphatic heterocycles. The van der Waals surface area contributed by atoms with E-state index >= 15 is 0 Å². The Morgan fingerprint density at radius 3 is 2.42 bits per heavy atom. The molecular formula is C20H24ClNO3S. The van der Waals surface area contributed by atoms with Gasteiger partial charge in [0.05, 0.1) is 17.5 Å². The summed E-state index contributed by atoms with van der Waals surface area (Å²) in [6.45, 7) is 6.36. The summed E-state index contributed by atoms with van der Waals surface area (Å²) in [5.74, 6) is 0.145. The lowest BCUT2D eigenvalue weighted by Crippen LogP contribution is -2.45. The molecule has 0 bridgehead atoms. The van der Waals surface area contributed by atoms with Crippen molar-refractivity contribution in [2.75, 3.05) is 6.61 Å². The van der Waals surface area contributed by atoms with Crippen molar-refractivity contribution in [3.8, 4) is 0 Å². The number of hydrogen-bond donors (Lipinski definition) is 0. The normalized spacial score (nSPS) is 21.4. The van der Waals surface area contributed by atoms with E-state index in [9.17, 15) is 8.42 Å². The molecule has 2 aromatic rings. The summed E-state index contributed by atoms with van der Waals surface area (Å²) in [6.07, 6.45) is -0.137. The minimum atomic E-state index is -3.67. The fourth-order valence-electron chi connectivity index (χ4n) is 3.22. The van der Waals surface area contributed by atoms with E-state index in [1.54, 1.807) is 12.1 Å². The van der Waals surface area contributed by atoms with Gasteiger partial charge >= 0.3 is 0 Å². The van der Waals surface area contributed by atoms with Crippen LogP contribution in [-0.2, 0) is 21.2 Å². The van der Waals surface area contributed by atoms with Crippen molar-refractivity contribution in [3.63, 3.8) is 0 Å². The lowest BCUT2D eigenvalue weighted by Gasteiger charge is -2.29. The largest absolute Gasteiger partial charge is 0.360 e. The highest BCUT2D eigenvalue weighted by molar-refractivity contribution is 7.89. The third-order valence-corrected chi connectivity index (χ3v) is 7.09. The van der Waals surface area contributed by atoms with Crippen LogP contribution in [0.2, 0.25) is 5.02 Å². The minimum absolute atomic E-state index is 0.145. The molecule has 1 fully saturated rings. The Balaban J connectivity index is 1.97. The predicted octanol–water partition coefficient (Wildman–Crippen LogP) is 4.26. The van der Waals surface area contributed by atoms with Gasteiger partial charge < -0.3 is 4.74 Å². The Bertz CT molecular complexity index is 865. The first-order valence-corrected chi connectivity index (χ1v) is 10.6. The Morgan fingerprint density at radius 1 is 1.15 bits per heavy atom. The zero-order valence-electron chi connectivity index (χ0n) is 15.2. The number of sulfonamides is 1. The van der Waals surface area contributed by atoms with Crippen LogP contribution in [0, 0.1) is 12.8 Å². The Kier molecular flexibility index (Phi) is 5.72. The third kappa shape index (κ3) is 3.81. The van der Waals surface area contributed by atoms with E-state index in [0.29, 0.717) is 22.9 Å². The van der Waals surface area contributed by atoms with E-state index in [4.69, 9.17) is 16.3 Å². The van der Waals surface area contributed by atoms with Crippen LogP contribution in [0.25, 0.3) is 0 Å². The molecule has 0 saturated carbocycles. The highest BCUT2D eigenvalue weighted by atomic mass is 35.5. The Hall–Kier alpha value is -1.40. The van der Waals surface area contributed by atoms with Crippen LogP contribution in [0.5, 0.6) is 0 Å². The molecule has 140 valence electrons. The van der Waals surface area contributed by atoms with E-state index in [1.807, 2.05) is 57.2 Å². The van der Waals surface area contributed by atoms with Gasteiger partial charge in [-0.3, -0.25) is 0 Å². The fraction of sp³-hybridized carbons (Fsp3) is 0.400. The molecule has 2 aromatic carbocycles. The van der Waals surface area contributed by atoms with E-state index in [0.717, 1.165) is 11.1 Å². The Morgan fingerprint density at radius 2 is 1.81 bits per heavy atom. The highest BCUT2D eigenvalue weighted by Crippen LogP contribution is 2.33. The van der Waals surface area contributed by atoms with Crippen LogP contribution >= 0.6 is 11.6 Å². The van der Waals surface area contributed by atoms with Crippen molar-refractivity contribution in [3.05, 3.63) is 64.7 Å². The van der Waals surface area contributed by atoms with Gasteiger partial charge in [0.2, 0.25) is 10.0 Å². The summed E-state index contributed by atoms with van der Waals surface area (Å²) < 4.78 is 34.2. The number of hydrogen-bond acceptors (Lipinski definition) is 3. The molecule has 0 amide bonds. The number of aryl methyl sites for hydroxylation is 1. The summed E-state index contributed by atoms with van der Waals surface area (Å²) in [4.78, 5) is 0.295. The van der Waals surface area contributed by atoms with Crippen LogP contribution in [0.4, 0.5) is 0 Å². The first-order valence-electron chi connectivity index (χ1n) is 8.76. The molecule has 6 heteroatoms. The fourth-order valence-corrected chi connectivity index (χ4v) is 5.26. The molecule has 0 aliphatic carbocycles. The van der Waals surface area contributed by atoms with Gasteiger partial charge in [0.15, 0.2) is 0 Å². The summed E-state index contributed by atoms with van der Waals surface area (Å²) in [5.41, 5.74) is 1.90. The molecule has 1 aliphatic rings. The second-order valence-electron chi connectivity index (χ2n) is 7.04. The topological polar surface area (TPSA) is 46.6 Å². The van der Waals surface area contributed by atoms with E-state index < -0.39 is 16.3 Å². The van der Waals surface area contributed by atoms with Crippen molar-refractivity contribution in [2.24, 2.45) is 5.92 Å². The standard InChI is InChI=1S/C20H24ClNO3S/c1-14(2)19-13-25-20(12-16-6-4-5-7-18(16)21)22(19)26(23,24)17-10-8-15(3)9-11-17/h4-11,14,19-20H,12-13H2,1-3H3/t19-,20+/m1/s1. The monoisotopic (exact) mass is 393 g/mol. The SMILES string of the molecule is Cc1ccc(S(=O)(=O)N2[C@H](Cc3ccccc3Cl)OC[C@@H]2C(C)C)cc1. The zero-order chi connectivity index (χ0) is 18.9. The van der Waals surface area contributed by atoms with Crippen molar-refractivity contribution in [1.29, 1.82) is 0 Å². The number of rotatable bonds is 5. The number of benzene rings is 2. The molecule has 0 N–H and O–H groups in total. The zero-order valence-corrected chi connectivity index (χ0v) is 16.8. The second kappa shape index (κ2) is 7.69. The summed E-state index contributed by atoms with van der Waals surface area (Å²) in [7, 11) is -3.67. The van der Waals surface area contributed by atoms with Crippen LogP contribution < -0.4 is 0 Å². The molecule has 0 unspecified atom stereocenters. The van der Waals surface area contributed by atoms with Gasteiger partial charge in [-0.1, -0.05) is 61.3 Å². The smallest absolute Gasteiger partial charge is 0.245 e. The lowest BCUT2D eigenvalue weighted by atomic mass is 10.1. The molecule has 2 atom stereocenters. The number of halogens is 1. The van der Waals surface area contributed by atoms with Crippen LogP contribution in [0.15, 0.2) is 53.4 Å². The van der Waals surface area contributed by atoms with Gasteiger partial charge in [0, 0.05) is 11.4 Å². The third-order valence-electron chi connectivity index (χ3n) is 4.79. The quantitative estimate of drug-likeness (QED) is 0.762. The average molecular weight is 394 g/mol. The molecule has 26 heavy (non-hydrogen) atoms. The molecule has 0 aromatic heterocycles. The van der Waals surface area contributed by atoms with E-state index in [1.165, 1.54) is 4.31 Å². The molecule has 1 heterocycles. The van der Waals surface area contributed by atoms with Gasteiger partial charge in [0.25, 0.3) is 0 Å². The van der Waals surface area contributed by atoms with Crippen molar-refractivity contribution < 1.29 is 13.2 Å². The van der Waals surface area contributed by atoms with Crippen molar-refractivity contribution >= 4 is 21.6 Å². The van der Waals surface area contributed by atoms with Crippen LogP contribution in [0.1, 0.15) is 25.0 Å². The average Bonchev–Trinajstić information content (AvgIpc) is 3.02. The summed E-state index contributed by atoms with van der Waals surface area (Å²) in [6, 6.07) is 14.2. The summed E-state index contributed by atoms with van der Waals surface area (Å²) >= 11 is 6.27. The second-order valence-corrected chi connectivity index (χ2v) is 9.29. The van der Waals surface area contributed by atoms with Crippen LogP contribution in [-0.4, -0.2) is 31.6 Å². The van der Waals surface area contributed by atoms with Gasteiger partial charge in [-0.05, 0) is 36.6 Å². The number of ether oxygens (including phenoxy) is 1. The highest BCUT2D eigenvalue weighted by Gasteiger charge is 2.44. The van der Waals surface area contributed by atoms with E-state index in [2.05, 4.69) is 0 Å². The first kappa shape index (κ1) is 19.4. The summed E-state index contributed by atoms with van der Waals surface area (Å²) in [5, 5.41) is 0.622. The van der Waals surface area contributed by atoms with Gasteiger partial charge in [0.1, 0.15) is 6.23 Å². The minimum Gasteiger partial charge on any atom is -0.360 e. The predicted molar refractivity (Wildman–Crippen MR) is 104 cm³/mol. The maximum Gasteiger partial charge on any atom is 0.245 e. The molecule has 4 nitrogen and oxygen atoms in total. The van der Waals surface area contributed by atoms with Gasteiger partial charge in [-0.15, -0.1) is 0 Å². The van der Waals surface area contributed by atoms with Crippen LogP contribution in [0.3, 0.4) is 0 Å². The molecular weight excluding hydrogens is 370 g/mol. The lowest BCUT2D eigenvalue weighted by molar-refractivity contribution is 0.0687. The van der Waals surface area contributed by atoms with E-state index in [-0.39, 0.29) is 12.0 Å². The van der Waals surface area contributed by atoms with Crippen molar-refractivity contribution in [1.82, 2.24) is 4.31 Å². The maximum absolute atomic E-state index is 13.4. The molecule has 1 saturated heterocycles. The van der Waals surface area contributed by atoms with Gasteiger partial charge in [-0.25, -0.2) is 8.42 Å². The molecule has 0 spiro atoms. The first-order chi connectivity index (χ1) is 12.3. The Labute approximate surface area is 160 Å². The molecule has 3 rings (SSSR count). The maximum atomic E-state index is 13.4.